The second kappa shape index (κ2) is 40.8. The normalized spacial score (nSPS) is 22.6. The molecule has 82 heavy (non-hydrogen) atoms. The van der Waals surface area contributed by atoms with Crippen molar-refractivity contribution in [2.45, 2.75) is 302 Å². The number of hydrogen-bond acceptors (Lipinski definition) is 0. The van der Waals surface area contributed by atoms with Gasteiger partial charge in [0.05, 0.1) is 32.3 Å². The van der Waals surface area contributed by atoms with Crippen LogP contribution in [0.3, 0.4) is 0 Å². The molecule has 0 unspecified atom stereocenters. The van der Waals surface area contributed by atoms with Gasteiger partial charge in [-0.3, -0.25) is 0 Å². The smallest absolute Gasteiger partial charge is 0.0651 e. The number of hydrogen-bond donors (Lipinski definition) is 0. The molecule has 0 aromatic rings. The molecule has 458 valence electrons. The van der Waals surface area contributed by atoms with Gasteiger partial charge in [-0.2, -0.15) is 0 Å². The molecule has 0 atom stereocenters. The summed E-state index contributed by atoms with van der Waals surface area (Å²) in [6.07, 6.45) is 29.3. The van der Waals surface area contributed by atoms with Gasteiger partial charge >= 0.3 is 0 Å². The van der Waals surface area contributed by atoms with E-state index in [-0.39, 0.29) is 62.2 Å². The fourth-order valence-corrected chi connectivity index (χ4v) is 47.5. The van der Waals surface area contributed by atoms with Crippen LogP contribution in [0.25, 0.3) is 0 Å². The van der Waals surface area contributed by atoms with Crippen LogP contribution >= 0.6 is 31.8 Å². The van der Waals surface area contributed by atoms with Gasteiger partial charge in [0.25, 0.3) is 0 Å². The van der Waals surface area contributed by atoms with E-state index in [0.29, 0.717) is 0 Å². The van der Waals surface area contributed by atoms with Crippen molar-refractivity contribution >= 4 is 64.1 Å². The molecular weight excluding hydrogens is 1580 g/mol. The standard InChI is InChI=1S/2C26H48Si2.2C10H15.P4.2U/c2*1-19(2)27(20(3)4,21(5)6)25-15-13-14-16-26(18-17-25)28(22(7)8,23(9)10)24(11)12;2*1-6-7(2)9(4)10(5)8(6)3;1-2-4-3-1;;/h2*13-24H,1-12H3;2*1-5H3;;;. The topological polar surface area (TPSA) is 0 Å². The fourth-order valence-electron chi connectivity index (χ4n) is 17.2. The Morgan fingerprint density at radius 3 is 0.366 bits per heavy atom. The third-order valence-electron chi connectivity index (χ3n) is 21.5. The first kappa shape index (κ1) is 88.8. The summed E-state index contributed by atoms with van der Waals surface area (Å²) in [6, 6.07) is 0. The molecule has 0 nitrogen and oxygen atoms in total. The Labute approximate surface area is 580 Å². The van der Waals surface area contributed by atoms with Crippen LogP contribution in [0.5, 0.6) is 0 Å². The van der Waals surface area contributed by atoms with Gasteiger partial charge in [-0.15, -0.1) is 0 Å². The van der Waals surface area contributed by atoms with Gasteiger partial charge in [-0.25, -0.2) is 0 Å². The van der Waals surface area contributed by atoms with Crippen molar-refractivity contribution in [3.05, 3.63) is 158 Å². The van der Waals surface area contributed by atoms with Crippen LogP contribution in [0.1, 0.15) is 235 Å². The monoisotopic (exact) mass is 1700 g/mol. The van der Waals surface area contributed by atoms with Gasteiger partial charge in [0.2, 0.25) is 0 Å². The van der Waals surface area contributed by atoms with E-state index in [4.69, 9.17) is 0 Å². The zero-order valence-electron chi connectivity index (χ0n) is 59.6. The predicted molar refractivity (Wildman–Crippen MR) is 386 cm³/mol. The molecular formula is C72H126P4Si4U2. The molecule has 5 aliphatic rings. The molecule has 1 aliphatic heterocycles. The number of rotatable bonds is 16. The Morgan fingerprint density at radius 1 is 0.195 bits per heavy atom. The maximum atomic E-state index is 2.55. The van der Waals surface area contributed by atoms with Crippen LogP contribution < -0.4 is 0 Å². The van der Waals surface area contributed by atoms with Gasteiger partial charge < -0.3 is 0 Å². The average Bonchev–Trinajstić information content (AvgIpc) is 3.57. The van der Waals surface area contributed by atoms with Crippen molar-refractivity contribution in [1.82, 2.24) is 0 Å². The molecule has 0 N–H and O–H groups in total. The van der Waals surface area contributed by atoms with Gasteiger partial charge in [0, 0.05) is 94.1 Å². The minimum absolute atomic E-state index is 0. The Balaban J connectivity index is 0. The zero-order valence-corrected chi connectivity index (χ0v) is 75.6. The summed E-state index contributed by atoms with van der Waals surface area (Å²) < 4.78 is 0. The van der Waals surface area contributed by atoms with E-state index in [2.05, 4.69) is 312 Å². The Hall–Kier alpha value is 4.69. The summed E-state index contributed by atoms with van der Waals surface area (Å²) in [5.74, 6) is 14.7. The molecule has 5 fully saturated rings. The molecule has 4 aliphatic carbocycles. The van der Waals surface area contributed by atoms with Crippen LogP contribution in [0.4, 0.5) is 0 Å². The van der Waals surface area contributed by atoms with Gasteiger partial charge in [-0.05, 0) is 158 Å². The van der Waals surface area contributed by atoms with Crippen molar-refractivity contribution in [1.29, 1.82) is 0 Å². The average molecular weight is 1700 g/mol. The van der Waals surface area contributed by atoms with Crippen LogP contribution in [-0.4, -0.2) is 32.3 Å². The van der Waals surface area contributed by atoms with Crippen LogP contribution in [0.15, 0.2) is 0 Å². The molecule has 4 saturated carbocycles. The fraction of sp³-hybridized carbons (Fsp3) is 0.639. The van der Waals surface area contributed by atoms with Crippen LogP contribution in [0.2, 0.25) is 66.5 Å². The van der Waals surface area contributed by atoms with E-state index in [9.17, 15) is 0 Å². The minimum atomic E-state index is -1.64. The Kier molecular flexibility index (Phi) is 44.2. The first-order chi connectivity index (χ1) is 36.8. The SMILES string of the molecule is CC(C)[Si]([C]1[CH][CH][CH][CH][C]([Si](C(C)C)(C(C)C)C(C)C)[CH][CH]1)(C(C)C)C(C)C.CC(C)[Si]([C]1[CH][CH][CH][CH][C]([Si](C(C)C)(C(C)C)C(C)C)[CH][CH]1)(C(C)C)C(C)C.C[C]1[C](C)[C](C)[C](C)[C]1C.C[C]1[C](C)[C](C)[C](C)[C]1C.[P]1[P][P][P]1.[U].[U]. The van der Waals surface area contributed by atoms with E-state index >= 15 is 0 Å². The van der Waals surface area contributed by atoms with Crippen molar-refractivity contribution in [3.8, 4) is 0 Å². The summed E-state index contributed by atoms with van der Waals surface area (Å²) in [4.78, 5) is 0. The molecule has 10 heteroatoms. The van der Waals surface area contributed by atoms with Crippen molar-refractivity contribution in [3.63, 3.8) is 0 Å². The summed E-state index contributed by atoms with van der Waals surface area (Å²) in [6.45, 7) is 81.2. The molecule has 0 spiro atoms. The quantitative estimate of drug-likeness (QED) is 0.107. The molecule has 1 saturated heterocycles. The molecule has 1 heterocycles. The molecule has 30 radical (unpaired) electrons. The molecule has 0 amide bonds. The molecule has 5 rings (SSSR count). The van der Waals surface area contributed by atoms with Crippen LogP contribution in [-0.2, 0) is 0 Å². The first-order valence-corrected chi connectivity index (χ1v) is 46.9. The van der Waals surface area contributed by atoms with E-state index in [1.54, 1.807) is 54.0 Å². The molecule has 0 bridgehead atoms. The minimum Gasteiger partial charge on any atom is -0.0651 e. The maximum absolute atomic E-state index is 2.55. The predicted octanol–water partition coefficient (Wildman–Crippen LogP) is 27.0. The Bertz CT molecular complexity index is 1270. The van der Waals surface area contributed by atoms with Crippen LogP contribution in [0, 0.1) is 221 Å². The van der Waals surface area contributed by atoms with Crippen molar-refractivity contribution < 1.29 is 62.2 Å². The van der Waals surface area contributed by atoms with Gasteiger partial charge in [-0.1, -0.05) is 302 Å². The first-order valence-electron chi connectivity index (χ1n) is 31.6. The van der Waals surface area contributed by atoms with Gasteiger partial charge in [0.1, 0.15) is 0 Å². The zero-order chi connectivity index (χ0) is 62.3. The summed E-state index contributed by atoms with van der Waals surface area (Å²) in [7, 11) is -0.117. The van der Waals surface area contributed by atoms with E-state index in [0.717, 1.165) is 66.5 Å². The van der Waals surface area contributed by atoms with Gasteiger partial charge in [0.15, 0.2) is 0 Å². The Morgan fingerprint density at radius 2 is 0.293 bits per heavy atom. The van der Waals surface area contributed by atoms with E-state index in [1.807, 2.05) is 0 Å². The van der Waals surface area contributed by atoms with Crippen molar-refractivity contribution in [2.75, 3.05) is 0 Å². The third-order valence-corrected chi connectivity index (χ3v) is 62.5. The molecule has 0 aromatic heterocycles. The summed E-state index contributed by atoms with van der Waals surface area (Å²) >= 11 is 0. The maximum Gasteiger partial charge on any atom is 0.0684 e. The van der Waals surface area contributed by atoms with Crippen molar-refractivity contribution in [2.24, 2.45) is 0 Å². The largest absolute Gasteiger partial charge is 0.0684 e. The third kappa shape index (κ3) is 20.8. The summed E-state index contributed by atoms with van der Waals surface area (Å²) in [5, 5.41) is 0. The molecule has 0 aromatic carbocycles. The van der Waals surface area contributed by atoms with E-state index < -0.39 is 32.3 Å². The second-order valence-electron chi connectivity index (χ2n) is 28.1. The second-order valence-corrected chi connectivity index (χ2v) is 61.1. The van der Waals surface area contributed by atoms with E-state index in [1.165, 1.54) is 59.2 Å². The summed E-state index contributed by atoms with van der Waals surface area (Å²) in [5.41, 5.74) is 15.5.